The Balaban J connectivity index is 1.88. The molecule has 1 fully saturated rings. The van der Waals surface area contributed by atoms with E-state index in [9.17, 15) is 0 Å². The molecule has 4 nitrogen and oxygen atoms in total. The standard InChI is InChI=1S/C16H31N3OSi/c1-16(2,3)21(5,6)20-11-10-19-9-7-8-15(19)14-12-17-18(4)13-14/h12-13,15H,7-11H2,1-6H3/t15-/m0/s1. The van der Waals surface area contributed by atoms with Crippen LogP contribution in [0, 0.1) is 0 Å². The summed E-state index contributed by atoms with van der Waals surface area (Å²) >= 11 is 0. The average molecular weight is 310 g/mol. The van der Waals surface area contributed by atoms with Gasteiger partial charge in [-0.1, -0.05) is 20.8 Å². The smallest absolute Gasteiger partial charge is 0.192 e. The Morgan fingerprint density at radius 1 is 1.38 bits per heavy atom. The highest BCUT2D eigenvalue weighted by Gasteiger charge is 2.37. The summed E-state index contributed by atoms with van der Waals surface area (Å²) in [7, 11) is 0.372. The highest BCUT2D eigenvalue weighted by atomic mass is 28.4. The SMILES string of the molecule is Cn1cc([C@@H]2CCCN2CCO[Si](C)(C)C(C)(C)C)cn1. The van der Waals surface area contributed by atoms with Gasteiger partial charge in [0.25, 0.3) is 0 Å². The normalized spacial score (nSPS) is 21.1. The minimum atomic E-state index is -1.62. The van der Waals surface area contributed by atoms with Gasteiger partial charge in [0.15, 0.2) is 8.32 Å². The van der Waals surface area contributed by atoms with Crippen LogP contribution in [0.2, 0.25) is 18.1 Å². The first kappa shape index (κ1) is 16.7. The number of hydrogen-bond donors (Lipinski definition) is 0. The Bertz CT molecular complexity index is 464. The molecular formula is C16H31N3OSi. The Morgan fingerprint density at radius 3 is 2.67 bits per heavy atom. The number of aryl methyl sites for hydroxylation is 1. The number of nitrogens with zero attached hydrogens (tertiary/aromatic N) is 3. The fourth-order valence-electron chi connectivity index (χ4n) is 2.72. The van der Waals surface area contributed by atoms with E-state index in [2.05, 4.69) is 50.1 Å². The van der Waals surface area contributed by atoms with Crippen molar-refractivity contribution in [3.8, 4) is 0 Å². The van der Waals surface area contributed by atoms with Crippen molar-refractivity contribution >= 4 is 8.32 Å². The van der Waals surface area contributed by atoms with Gasteiger partial charge in [0.1, 0.15) is 0 Å². The third-order valence-electron chi connectivity index (χ3n) is 5.12. The van der Waals surface area contributed by atoms with Crippen LogP contribution in [0.5, 0.6) is 0 Å². The molecule has 0 spiro atoms. The van der Waals surface area contributed by atoms with E-state index in [4.69, 9.17) is 4.43 Å². The van der Waals surface area contributed by atoms with Gasteiger partial charge in [0.05, 0.1) is 6.20 Å². The predicted octanol–water partition coefficient (Wildman–Crippen LogP) is 3.58. The van der Waals surface area contributed by atoms with Crippen LogP contribution in [-0.2, 0) is 11.5 Å². The summed E-state index contributed by atoms with van der Waals surface area (Å²) in [4.78, 5) is 2.56. The number of hydrogen-bond acceptors (Lipinski definition) is 3. The van der Waals surface area contributed by atoms with Gasteiger partial charge in [0, 0.05) is 38.0 Å². The van der Waals surface area contributed by atoms with Crippen molar-refractivity contribution in [2.24, 2.45) is 7.05 Å². The molecule has 0 aliphatic carbocycles. The number of rotatable bonds is 5. The maximum absolute atomic E-state index is 6.32. The third-order valence-corrected chi connectivity index (χ3v) is 9.66. The molecule has 1 saturated heterocycles. The van der Waals surface area contributed by atoms with Crippen LogP contribution in [-0.4, -0.2) is 42.7 Å². The van der Waals surface area contributed by atoms with E-state index in [0.717, 1.165) is 13.2 Å². The van der Waals surface area contributed by atoms with Gasteiger partial charge < -0.3 is 4.43 Å². The quantitative estimate of drug-likeness (QED) is 0.779. The Kier molecular flexibility index (Phi) is 4.95. The highest BCUT2D eigenvalue weighted by molar-refractivity contribution is 6.74. The molecule has 0 aromatic carbocycles. The molecule has 2 heterocycles. The molecule has 1 atom stereocenters. The second kappa shape index (κ2) is 6.22. The molecule has 0 bridgehead atoms. The lowest BCUT2D eigenvalue weighted by atomic mass is 10.1. The van der Waals surface area contributed by atoms with E-state index in [0.29, 0.717) is 11.1 Å². The topological polar surface area (TPSA) is 30.3 Å². The summed E-state index contributed by atoms with van der Waals surface area (Å²) < 4.78 is 8.22. The minimum Gasteiger partial charge on any atom is -0.416 e. The van der Waals surface area contributed by atoms with Crippen LogP contribution in [0.1, 0.15) is 45.2 Å². The van der Waals surface area contributed by atoms with Gasteiger partial charge in [-0.05, 0) is 37.5 Å². The summed E-state index contributed by atoms with van der Waals surface area (Å²) in [6.45, 7) is 14.6. The van der Waals surface area contributed by atoms with Gasteiger partial charge >= 0.3 is 0 Å². The van der Waals surface area contributed by atoms with Crippen molar-refractivity contribution in [1.29, 1.82) is 0 Å². The summed E-state index contributed by atoms with van der Waals surface area (Å²) in [5.74, 6) is 0. The fraction of sp³-hybridized carbons (Fsp3) is 0.812. The average Bonchev–Trinajstić information content (AvgIpc) is 2.96. The molecule has 1 aromatic rings. The van der Waals surface area contributed by atoms with Crippen molar-refractivity contribution in [1.82, 2.24) is 14.7 Å². The lowest BCUT2D eigenvalue weighted by Gasteiger charge is -2.37. The van der Waals surface area contributed by atoms with Crippen molar-refractivity contribution in [2.45, 2.75) is 57.8 Å². The van der Waals surface area contributed by atoms with Gasteiger partial charge in [-0.3, -0.25) is 9.58 Å². The van der Waals surface area contributed by atoms with E-state index in [1.165, 1.54) is 24.9 Å². The molecule has 0 N–H and O–H groups in total. The number of aromatic nitrogens is 2. The summed E-state index contributed by atoms with van der Waals surface area (Å²) in [5.41, 5.74) is 1.35. The van der Waals surface area contributed by atoms with Crippen LogP contribution in [0.4, 0.5) is 0 Å². The van der Waals surface area contributed by atoms with Gasteiger partial charge in [-0.15, -0.1) is 0 Å². The second-order valence-electron chi connectivity index (χ2n) is 7.75. The molecule has 2 rings (SSSR count). The van der Waals surface area contributed by atoms with Crippen LogP contribution < -0.4 is 0 Å². The lowest BCUT2D eigenvalue weighted by Crippen LogP contribution is -2.42. The molecule has 120 valence electrons. The van der Waals surface area contributed by atoms with Crippen LogP contribution in [0.15, 0.2) is 12.4 Å². The zero-order valence-electron chi connectivity index (χ0n) is 14.5. The highest BCUT2D eigenvalue weighted by Crippen LogP contribution is 2.37. The Labute approximate surface area is 130 Å². The molecule has 5 heteroatoms. The van der Waals surface area contributed by atoms with Crippen molar-refractivity contribution < 1.29 is 4.43 Å². The second-order valence-corrected chi connectivity index (χ2v) is 12.6. The number of likely N-dealkylation sites (tertiary alicyclic amines) is 1. The monoisotopic (exact) mass is 309 g/mol. The molecular weight excluding hydrogens is 278 g/mol. The van der Waals surface area contributed by atoms with Crippen LogP contribution in [0.3, 0.4) is 0 Å². The van der Waals surface area contributed by atoms with Crippen LogP contribution in [0.25, 0.3) is 0 Å². The first-order valence-electron chi connectivity index (χ1n) is 8.07. The molecule has 0 unspecified atom stereocenters. The molecule has 0 saturated carbocycles. The molecule has 0 amide bonds. The predicted molar refractivity (Wildman–Crippen MR) is 89.9 cm³/mol. The van der Waals surface area contributed by atoms with Crippen molar-refractivity contribution in [3.05, 3.63) is 18.0 Å². The van der Waals surface area contributed by atoms with E-state index < -0.39 is 8.32 Å². The summed E-state index contributed by atoms with van der Waals surface area (Å²) in [6, 6.07) is 0.529. The molecule has 0 radical (unpaired) electrons. The van der Waals surface area contributed by atoms with E-state index in [1.807, 2.05) is 17.9 Å². The zero-order valence-corrected chi connectivity index (χ0v) is 15.5. The van der Waals surface area contributed by atoms with E-state index in [-0.39, 0.29) is 0 Å². The van der Waals surface area contributed by atoms with Gasteiger partial charge in [0.2, 0.25) is 0 Å². The maximum Gasteiger partial charge on any atom is 0.192 e. The third kappa shape index (κ3) is 3.96. The Morgan fingerprint density at radius 2 is 2.10 bits per heavy atom. The van der Waals surface area contributed by atoms with Crippen LogP contribution >= 0.6 is 0 Å². The summed E-state index contributed by atoms with van der Waals surface area (Å²) in [5, 5.41) is 4.61. The van der Waals surface area contributed by atoms with Crippen molar-refractivity contribution in [3.63, 3.8) is 0 Å². The van der Waals surface area contributed by atoms with Gasteiger partial charge in [-0.2, -0.15) is 5.10 Å². The van der Waals surface area contributed by atoms with Gasteiger partial charge in [-0.25, -0.2) is 0 Å². The molecule has 1 aromatic heterocycles. The first-order chi connectivity index (χ1) is 9.71. The zero-order chi connectivity index (χ0) is 15.7. The Hall–Kier alpha value is -0.653. The molecule has 21 heavy (non-hydrogen) atoms. The van der Waals surface area contributed by atoms with E-state index in [1.54, 1.807) is 0 Å². The lowest BCUT2D eigenvalue weighted by molar-refractivity contribution is 0.188. The van der Waals surface area contributed by atoms with Crippen molar-refractivity contribution in [2.75, 3.05) is 19.7 Å². The largest absolute Gasteiger partial charge is 0.416 e. The maximum atomic E-state index is 6.32. The molecule has 1 aliphatic rings. The summed E-state index contributed by atoms with van der Waals surface area (Å²) in [6.07, 6.45) is 6.68. The first-order valence-corrected chi connectivity index (χ1v) is 11.0. The minimum absolute atomic E-state index is 0.292. The molecule has 1 aliphatic heterocycles. The fourth-order valence-corrected chi connectivity index (χ4v) is 3.75. The van der Waals surface area contributed by atoms with E-state index >= 15 is 0 Å².